The Labute approximate surface area is 101 Å². The average Bonchev–Trinajstić information content (AvgIpc) is 2.17. The van der Waals surface area contributed by atoms with Gasteiger partial charge in [0.05, 0.1) is 0 Å². The number of hydrogen-bond donors (Lipinski definition) is 1. The molecule has 16 heavy (non-hydrogen) atoms. The lowest BCUT2D eigenvalue weighted by Gasteiger charge is -2.13. The highest BCUT2D eigenvalue weighted by Crippen LogP contribution is 2.12. The first-order chi connectivity index (χ1) is 7.61. The quantitative estimate of drug-likeness (QED) is 0.857. The van der Waals surface area contributed by atoms with Crippen LogP contribution >= 0.6 is 11.6 Å². The molecular weight excluding hydrogens is 226 g/mol. The van der Waals surface area contributed by atoms with Gasteiger partial charge in [-0.25, -0.2) is 0 Å². The smallest absolute Gasteiger partial charge is 0.246 e. The molecule has 0 aliphatic carbocycles. The van der Waals surface area contributed by atoms with Crippen LogP contribution in [0.5, 0.6) is 0 Å². The molecule has 1 amide bonds. The van der Waals surface area contributed by atoms with Crippen molar-refractivity contribution in [2.75, 3.05) is 13.7 Å². The molecule has 0 heterocycles. The van der Waals surface area contributed by atoms with Gasteiger partial charge < -0.3 is 10.1 Å². The van der Waals surface area contributed by atoms with E-state index < -0.39 is 0 Å². The summed E-state index contributed by atoms with van der Waals surface area (Å²) in [5, 5.41) is 3.56. The third-order valence-corrected chi connectivity index (χ3v) is 2.35. The molecule has 1 atom stereocenters. The summed E-state index contributed by atoms with van der Waals surface area (Å²) in [4.78, 5) is 11.2. The number of carbonyl (C=O) groups is 1. The third-order valence-electron chi connectivity index (χ3n) is 2.11. The number of methoxy groups -OCH3 is 1. The van der Waals surface area contributed by atoms with Gasteiger partial charge in [-0.15, -0.1) is 0 Å². The number of ether oxygens (including phenoxy) is 1. The van der Waals surface area contributed by atoms with Crippen LogP contribution in [0.1, 0.15) is 12.5 Å². The standard InChI is InChI=1S/C12H16ClNO2/c1-9(14-12(15)8-16-2)6-10-4-3-5-11(13)7-10/h3-5,7,9H,6,8H2,1-2H3,(H,14,15)/t9-/m1/s1. The lowest BCUT2D eigenvalue weighted by atomic mass is 10.1. The van der Waals surface area contributed by atoms with E-state index >= 15 is 0 Å². The number of amides is 1. The fourth-order valence-corrected chi connectivity index (χ4v) is 1.73. The van der Waals surface area contributed by atoms with Crippen LogP contribution in [0.15, 0.2) is 24.3 Å². The first-order valence-electron chi connectivity index (χ1n) is 5.14. The Morgan fingerprint density at radius 1 is 1.56 bits per heavy atom. The van der Waals surface area contributed by atoms with Crippen LogP contribution < -0.4 is 5.32 Å². The predicted molar refractivity (Wildman–Crippen MR) is 64.6 cm³/mol. The third kappa shape index (κ3) is 4.64. The van der Waals surface area contributed by atoms with Crippen LogP contribution in [0.4, 0.5) is 0 Å². The highest BCUT2D eigenvalue weighted by Gasteiger charge is 2.07. The maximum absolute atomic E-state index is 11.2. The van der Waals surface area contributed by atoms with Gasteiger partial charge >= 0.3 is 0 Å². The van der Waals surface area contributed by atoms with Gasteiger partial charge in [0.2, 0.25) is 5.91 Å². The van der Waals surface area contributed by atoms with E-state index in [1.807, 2.05) is 31.2 Å². The van der Waals surface area contributed by atoms with Crippen LogP contribution in [0.2, 0.25) is 5.02 Å². The molecule has 1 aromatic rings. The molecule has 0 aliphatic rings. The highest BCUT2D eigenvalue weighted by molar-refractivity contribution is 6.30. The van der Waals surface area contributed by atoms with Crippen molar-refractivity contribution in [1.29, 1.82) is 0 Å². The number of halogens is 1. The van der Waals surface area contributed by atoms with Crippen molar-refractivity contribution >= 4 is 17.5 Å². The number of carbonyl (C=O) groups excluding carboxylic acids is 1. The van der Waals surface area contributed by atoms with Gasteiger partial charge in [-0.1, -0.05) is 23.7 Å². The molecule has 0 radical (unpaired) electrons. The Kier molecular flexibility index (Phi) is 5.29. The second-order valence-electron chi connectivity index (χ2n) is 3.74. The van der Waals surface area contributed by atoms with Crippen LogP contribution in [-0.4, -0.2) is 25.7 Å². The Morgan fingerprint density at radius 3 is 2.94 bits per heavy atom. The van der Waals surface area contributed by atoms with Crippen molar-refractivity contribution in [3.63, 3.8) is 0 Å². The molecule has 0 unspecified atom stereocenters. The molecule has 1 rings (SSSR count). The SMILES string of the molecule is COCC(=O)N[C@H](C)Cc1cccc(Cl)c1. The van der Waals surface area contributed by atoms with E-state index in [-0.39, 0.29) is 18.6 Å². The number of rotatable bonds is 5. The maximum atomic E-state index is 11.2. The summed E-state index contributed by atoms with van der Waals surface area (Å²) in [5.41, 5.74) is 1.11. The minimum absolute atomic E-state index is 0.0705. The van der Waals surface area contributed by atoms with Crippen molar-refractivity contribution in [3.8, 4) is 0 Å². The van der Waals surface area contributed by atoms with E-state index in [0.717, 1.165) is 12.0 Å². The summed E-state index contributed by atoms with van der Waals surface area (Å²) >= 11 is 5.88. The summed E-state index contributed by atoms with van der Waals surface area (Å²) in [6, 6.07) is 7.70. The topological polar surface area (TPSA) is 38.3 Å². The van der Waals surface area contributed by atoms with E-state index in [0.29, 0.717) is 5.02 Å². The van der Waals surface area contributed by atoms with Gasteiger partial charge in [0.15, 0.2) is 0 Å². The second-order valence-corrected chi connectivity index (χ2v) is 4.17. The molecule has 0 spiro atoms. The summed E-state index contributed by atoms with van der Waals surface area (Å²) in [6.45, 7) is 2.05. The molecule has 3 nitrogen and oxygen atoms in total. The Bertz CT molecular complexity index is 355. The van der Waals surface area contributed by atoms with Crippen molar-refractivity contribution in [2.24, 2.45) is 0 Å². The molecule has 1 aromatic carbocycles. The zero-order valence-corrected chi connectivity index (χ0v) is 10.3. The minimum Gasteiger partial charge on any atom is -0.375 e. The fraction of sp³-hybridized carbons (Fsp3) is 0.417. The van der Waals surface area contributed by atoms with Gasteiger partial charge in [-0.3, -0.25) is 4.79 Å². The summed E-state index contributed by atoms with van der Waals surface area (Å²) in [7, 11) is 1.50. The van der Waals surface area contributed by atoms with Gasteiger partial charge in [-0.2, -0.15) is 0 Å². The van der Waals surface area contributed by atoms with Gasteiger partial charge in [0, 0.05) is 18.2 Å². The van der Waals surface area contributed by atoms with Gasteiger partial charge in [0.25, 0.3) is 0 Å². The van der Waals surface area contributed by atoms with E-state index in [2.05, 4.69) is 5.32 Å². The average molecular weight is 242 g/mol. The lowest BCUT2D eigenvalue weighted by Crippen LogP contribution is -2.36. The molecule has 88 valence electrons. The van der Waals surface area contributed by atoms with Crippen molar-refractivity contribution < 1.29 is 9.53 Å². The second kappa shape index (κ2) is 6.51. The number of hydrogen-bond acceptors (Lipinski definition) is 2. The molecule has 0 saturated heterocycles. The lowest BCUT2D eigenvalue weighted by molar-refractivity contribution is -0.125. The van der Waals surface area contributed by atoms with Crippen molar-refractivity contribution in [3.05, 3.63) is 34.9 Å². The molecule has 1 N–H and O–H groups in total. The van der Waals surface area contributed by atoms with E-state index in [4.69, 9.17) is 16.3 Å². The molecule has 0 bridgehead atoms. The first kappa shape index (κ1) is 13.0. The summed E-state index contributed by atoms with van der Waals surface area (Å²) in [5.74, 6) is -0.1000. The highest BCUT2D eigenvalue weighted by atomic mass is 35.5. The largest absolute Gasteiger partial charge is 0.375 e. The predicted octanol–water partition coefficient (Wildman–Crippen LogP) is 2.03. The van der Waals surface area contributed by atoms with Gasteiger partial charge in [-0.05, 0) is 31.0 Å². The van der Waals surface area contributed by atoms with E-state index in [9.17, 15) is 4.79 Å². The monoisotopic (exact) mass is 241 g/mol. The minimum atomic E-state index is -0.1000. The molecule has 0 saturated carbocycles. The number of nitrogens with one attached hydrogen (secondary N) is 1. The van der Waals surface area contributed by atoms with Gasteiger partial charge in [0.1, 0.15) is 6.61 Å². The van der Waals surface area contributed by atoms with Crippen LogP contribution in [0, 0.1) is 0 Å². The van der Waals surface area contributed by atoms with Crippen molar-refractivity contribution in [2.45, 2.75) is 19.4 Å². The summed E-state index contributed by atoms with van der Waals surface area (Å²) < 4.78 is 4.74. The number of benzene rings is 1. The van der Waals surface area contributed by atoms with Crippen LogP contribution in [-0.2, 0) is 16.0 Å². The molecular formula is C12H16ClNO2. The van der Waals surface area contributed by atoms with Crippen LogP contribution in [0.25, 0.3) is 0 Å². The van der Waals surface area contributed by atoms with Crippen molar-refractivity contribution in [1.82, 2.24) is 5.32 Å². The molecule has 0 aliphatic heterocycles. The van der Waals surface area contributed by atoms with E-state index in [1.54, 1.807) is 0 Å². The Morgan fingerprint density at radius 2 is 2.31 bits per heavy atom. The van der Waals surface area contributed by atoms with Crippen LogP contribution in [0.3, 0.4) is 0 Å². The summed E-state index contributed by atoms with van der Waals surface area (Å²) in [6.07, 6.45) is 0.760. The Balaban J connectivity index is 2.45. The molecule has 0 aromatic heterocycles. The normalized spacial score (nSPS) is 12.2. The fourth-order valence-electron chi connectivity index (χ4n) is 1.52. The Hall–Kier alpha value is -1.06. The zero-order chi connectivity index (χ0) is 12.0. The zero-order valence-electron chi connectivity index (χ0n) is 9.50. The first-order valence-corrected chi connectivity index (χ1v) is 5.52. The molecule has 4 heteroatoms. The molecule has 0 fully saturated rings. The maximum Gasteiger partial charge on any atom is 0.246 e. The van der Waals surface area contributed by atoms with E-state index in [1.165, 1.54) is 7.11 Å².